The molecule has 0 aliphatic heterocycles. The number of hydrogen-bond acceptors (Lipinski definition) is 8. The van der Waals surface area contributed by atoms with Crippen LogP contribution >= 0.6 is 11.9 Å². The Bertz CT molecular complexity index is 1420. The Morgan fingerprint density at radius 3 is 1.85 bits per heavy atom. The smallest absolute Gasteiger partial charge is 0.291 e. The van der Waals surface area contributed by atoms with Crippen LogP contribution in [-0.2, 0) is 0 Å². The van der Waals surface area contributed by atoms with Crippen LogP contribution in [0.2, 0.25) is 0 Å². The molecule has 0 unspecified atom stereocenters. The number of methoxy groups -OCH3 is 2. The maximum Gasteiger partial charge on any atom is 0.291 e. The number of aliphatic imine (C=N–C) groups is 1. The molecule has 0 aliphatic rings. The molecule has 0 bridgehead atoms. The van der Waals surface area contributed by atoms with Crippen LogP contribution in [0.1, 0.15) is 5.56 Å². The zero-order valence-corrected chi connectivity index (χ0v) is 22.3. The first-order valence-corrected chi connectivity index (χ1v) is 12.3. The summed E-state index contributed by atoms with van der Waals surface area (Å²) in [7, 11) is 4.97. The monoisotopic (exact) mass is 546 g/mol. The van der Waals surface area contributed by atoms with Crippen molar-refractivity contribution in [2.45, 2.75) is 4.90 Å². The Labute approximate surface area is 230 Å². The topological polar surface area (TPSA) is 120 Å². The minimum absolute atomic E-state index is 0.261. The van der Waals surface area contributed by atoms with Gasteiger partial charge in [-0.15, -0.1) is 0 Å². The minimum Gasteiger partial charge on any atom is -0.497 e. The lowest BCUT2D eigenvalue weighted by Gasteiger charge is -2.20. The Hall–Kier alpha value is -4.90. The molecule has 4 rings (SSSR count). The van der Waals surface area contributed by atoms with Gasteiger partial charge in [0.2, 0.25) is 0 Å². The molecule has 11 heteroatoms. The number of ether oxygens (including phenoxy) is 2. The van der Waals surface area contributed by atoms with Crippen LogP contribution in [0, 0.1) is 20.2 Å². The van der Waals surface area contributed by atoms with E-state index in [4.69, 9.17) is 14.5 Å². The maximum absolute atomic E-state index is 11.5. The minimum atomic E-state index is -0.661. The number of amidine groups is 1. The Balaban J connectivity index is 0.000000449. The lowest BCUT2D eigenvalue weighted by Crippen LogP contribution is -2.20. The fourth-order valence-corrected chi connectivity index (χ4v) is 4.15. The first-order valence-electron chi connectivity index (χ1n) is 11.5. The first kappa shape index (κ1) is 28.7. The van der Waals surface area contributed by atoms with Crippen LogP contribution in [0.15, 0.2) is 113 Å². The molecule has 4 aromatic carbocycles. The highest BCUT2D eigenvalue weighted by Gasteiger charge is 2.22. The summed E-state index contributed by atoms with van der Waals surface area (Å²) >= 11 is 1.06. The molecule has 0 saturated carbocycles. The van der Waals surface area contributed by atoms with Crippen molar-refractivity contribution >= 4 is 34.8 Å². The molecule has 200 valence electrons. The fourth-order valence-electron chi connectivity index (χ4n) is 3.27. The Kier molecular flexibility index (Phi) is 10.4. The Morgan fingerprint density at radius 2 is 1.33 bits per heavy atom. The summed E-state index contributed by atoms with van der Waals surface area (Å²) in [4.78, 5) is 26.1. The summed E-state index contributed by atoms with van der Waals surface area (Å²) in [5, 5.41) is 22.5. The van der Waals surface area contributed by atoms with E-state index >= 15 is 0 Å². The molecule has 0 atom stereocenters. The summed E-state index contributed by atoms with van der Waals surface area (Å²) in [5.41, 5.74) is 0.792. The second-order valence-electron chi connectivity index (χ2n) is 7.77. The zero-order chi connectivity index (χ0) is 28.2. The maximum atomic E-state index is 11.5. The van der Waals surface area contributed by atoms with E-state index in [1.54, 1.807) is 49.8 Å². The van der Waals surface area contributed by atoms with Crippen molar-refractivity contribution in [3.63, 3.8) is 0 Å². The summed E-state index contributed by atoms with van der Waals surface area (Å²) in [5.74, 6) is 2.17. The van der Waals surface area contributed by atoms with Crippen molar-refractivity contribution in [3.8, 4) is 11.5 Å². The number of benzene rings is 4. The van der Waals surface area contributed by atoms with E-state index in [9.17, 15) is 20.2 Å². The van der Waals surface area contributed by atoms with Gasteiger partial charge in [0.1, 0.15) is 22.2 Å². The van der Waals surface area contributed by atoms with E-state index in [2.05, 4.69) is 0 Å². The molecule has 0 radical (unpaired) electrons. The molecular formula is C28H26N4O6S. The van der Waals surface area contributed by atoms with Gasteiger partial charge in [0.25, 0.3) is 11.4 Å². The van der Waals surface area contributed by atoms with Crippen molar-refractivity contribution in [1.82, 2.24) is 4.31 Å². The van der Waals surface area contributed by atoms with Gasteiger partial charge in [0.15, 0.2) is 0 Å². The SMILES string of the molecule is COc1ccc(N=C(c2ccccc2)N(C)Sc2ccc([N+](=O)[O-])cc2[N+](=O)[O-])cc1.COc1ccccc1. The Morgan fingerprint density at radius 1 is 0.769 bits per heavy atom. The summed E-state index contributed by atoms with van der Waals surface area (Å²) < 4.78 is 11.8. The molecular weight excluding hydrogens is 520 g/mol. The fraction of sp³-hybridized carbons (Fsp3) is 0.107. The van der Waals surface area contributed by atoms with Gasteiger partial charge in [-0.3, -0.25) is 24.5 Å². The van der Waals surface area contributed by atoms with Gasteiger partial charge in [0, 0.05) is 18.7 Å². The molecule has 0 fully saturated rings. The second-order valence-corrected chi connectivity index (χ2v) is 8.94. The van der Waals surface area contributed by atoms with Crippen LogP contribution in [-0.4, -0.2) is 41.3 Å². The van der Waals surface area contributed by atoms with Gasteiger partial charge < -0.3 is 9.47 Å². The van der Waals surface area contributed by atoms with Crippen molar-refractivity contribution in [2.24, 2.45) is 4.99 Å². The average molecular weight is 547 g/mol. The number of non-ortho nitro benzene ring substituents is 1. The summed E-state index contributed by atoms with van der Waals surface area (Å²) in [6, 6.07) is 29.8. The van der Waals surface area contributed by atoms with E-state index in [-0.39, 0.29) is 16.3 Å². The number of nitrogens with zero attached hydrogens (tertiary/aromatic N) is 4. The number of hydrogen-bond donors (Lipinski definition) is 0. The lowest BCUT2D eigenvalue weighted by atomic mass is 10.2. The van der Waals surface area contributed by atoms with Gasteiger partial charge in [-0.05, 0) is 54.4 Å². The third-order valence-electron chi connectivity index (χ3n) is 5.20. The van der Waals surface area contributed by atoms with Crippen LogP contribution in [0.25, 0.3) is 0 Å². The van der Waals surface area contributed by atoms with Gasteiger partial charge in [-0.2, -0.15) is 0 Å². The van der Waals surface area contributed by atoms with E-state index in [0.29, 0.717) is 17.3 Å². The molecule has 4 aromatic rings. The molecule has 0 amide bonds. The van der Waals surface area contributed by atoms with E-state index in [1.807, 2.05) is 60.7 Å². The van der Waals surface area contributed by atoms with Gasteiger partial charge in [-0.25, -0.2) is 4.99 Å². The number of nitro groups is 2. The van der Waals surface area contributed by atoms with E-state index in [0.717, 1.165) is 29.3 Å². The van der Waals surface area contributed by atoms with Crippen LogP contribution in [0.3, 0.4) is 0 Å². The highest BCUT2D eigenvalue weighted by molar-refractivity contribution is 7.97. The van der Waals surface area contributed by atoms with Crippen LogP contribution < -0.4 is 9.47 Å². The van der Waals surface area contributed by atoms with Gasteiger partial charge >= 0.3 is 0 Å². The zero-order valence-electron chi connectivity index (χ0n) is 21.5. The van der Waals surface area contributed by atoms with Gasteiger partial charge in [-0.1, -0.05) is 48.5 Å². The average Bonchev–Trinajstić information content (AvgIpc) is 2.97. The standard InChI is InChI=1S/C21H18N4O5S.C7H8O/c1-23(31-20-13-10-17(24(26)27)14-19(20)25(28)29)21(15-6-4-3-5-7-15)22-16-8-11-18(30-2)12-9-16;1-8-7-5-3-2-4-6-7/h3-14H,1-2H3;2-6H,1H3. The van der Waals surface area contributed by atoms with Crippen LogP contribution in [0.4, 0.5) is 17.1 Å². The molecule has 0 N–H and O–H groups in total. The molecule has 0 heterocycles. The normalized spacial score (nSPS) is 10.6. The van der Waals surface area contributed by atoms with E-state index in [1.165, 1.54) is 12.1 Å². The second kappa shape index (κ2) is 14.1. The largest absolute Gasteiger partial charge is 0.497 e. The number of para-hydroxylation sites is 1. The molecule has 0 spiro atoms. The quantitative estimate of drug-likeness (QED) is 0.0767. The van der Waals surface area contributed by atoms with Crippen molar-refractivity contribution in [3.05, 3.63) is 129 Å². The predicted octanol–water partition coefficient (Wildman–Crippen LogP) is 6.92. The van der Waals surface area contributed by atoms with Crippen molar-refractivity contribution in [2.75, 3.05) is 21.3 Å². The van der Waals surface area contributed by atoms with Crippen molar-refractivity contribution < 1.29 is 19.3 Å². The molecule has 0 aromatic heterocycles. The van der Waals surface area contributed by atoms with Crippen LogP contribution in [0.5, 0.6) is 11.5 Å². The van der Waals surface area contributed by atoms with E-state index < -0.39 is 9.85 Å². The first-order chi connectivity index (χ1) is 18.8. The molecule has 0 aliphatic carbocycles. The lowest BCUT2D eigenvalue weighted by molar-refractivity contribution is -0.396. The summed E-state index contributed by atoms with van der Waals surface area (Å²) in [6.45, 7) is 0. The molecule has 0 saturated heterocycles. The predicted molar refractivity (Wildman–Crippen MR) is 152 cm³/mol. The molecule has 10 nitrogen and oxygen atoms in total. The third kappa shape index (κ3) is 8.30. The molecule has 39 heavy (non-hydrogen) atoms. The third-order valence-corrected chi connectivity index (χ3v) is 6.19. The van der Waals surface area contributed by atoms with Crippen molar-refractivity contribution in [1.29, 1.82) is 0 Å². The highest BCUT2D eigenvalue weighted by atomic mass is 32.2. The summed E-state index contributed by atoms with van der Waals surface area (Å²) in [6.07, 6.45) is 0. The van der Waals surface area contributed by atoms with Gasteiger partial charge in [0.05, 0.1) is 35.8 Å². The number of rotatable bonds is 8. The number of nitro benzene ring substituents is 2. The highest BCUT2D eigenvalue weighted by Crippen LogP contribution is 2.35.